The van der Waals surface area contributed by atoms with Crippen molar-refractivity contribution >= 4 is 0 Å². The molecule has 0 bridgehead atoms. The van der Waals surface area contributed by atoms with Gasteiger partial charge >= 0.3 is 11.9 Å². The molecular formula is C13H10F3N3O3. The molecule has 0 spiro atoms. The molecule has 9 heteroatoms. The summed E-state index contributed by atoms with van der Waals surface area (Å²) in [6.45, 7) is 0. The molecule has 2 heterocycles. The Hall–Kier alpha value is -2.58. The zero-order valence-corrected chi connectivity index (χ0v) is 11.0. The Labute approximate surface area is 120 Å². The van der Waals surface area contributed by atoms with Crippen LogP contribution in [0.4, 0.5) is 13.2 Å². The first-order chi connectivity index (χ1) is 10.3. The molecule has 2 aromatic rings. The van der Waals surface area contributed by atoms with Crippen LogP contribution in [0.15, 0.2) is 32.8 Å². The van der Waals surface area contributed by atoms with Gasteiger partial charge in [-0.15, -0.1) is 0 Å². The van der Waals surface area contributed by atoms with E-state index < -0.39 is 34.8 Å². The van der Waals surface area contributed by atoms with Crippen LogP contribution >= 0.6 is 0 Å². The Morgan fingerprint density at radius 1 is 1.05 bits per heavy atom. The molecule has 0 aliphatic heterocycles. The molecule has 0 amide bonds. The van der Waals surface area contributed by atoms with Crippen LogP contribution in [0.25, 0.3) is 11.1 Å². The highest BCUT2D eigenvalue weighted by Gasteiger charge is 2.56. The first-order valence-electron chi connectivity index (χ1n) is 6.39. The summed E-state index contributed by atoms with van der Waals surface area (Å²) in [5.74, 6) is -2.43. The quantitative estimate of drug-likeness (QED) is 0.774. The van der Waals surface area contributed by atoms with Gasteiger partial charge in [0.2, 0.25) is 0 Å². The topological polar surface area (TPSA) is 98.6 Å². The molecule has 0 saturated heterocycles. The lowest BCUT2D eigenvalue weighted by Crippen LogP contribution is -2.23. The van der Waals surface area contributed by atoms with Gasteiger partial charge in [0.05, 0.1) is 11.5 Å². The van der Waals surface area contributed by atoms with Gasteiger partial charge in [-0.2, -0.15) is 13.2 Å². The van der Waals surface area contributed by atoms with Crippen LogP contribution in [-0.4, -0.2) is 21.1 Å². The van der Waals surface area contributed by atoms with Crippen molar-refractivity contribution < 1.29 is 13.2 Å². The van der Waals surface area contributed by atoms with Gasteiger partial charge in [-0.3, -0.25) is 14.6 Å². The first kappa shape index (κ1) is 14.4. The lowest BCUT2D eigenvalue weighted by atomic mass is 10.1. The number of halogens is 3. The van der Waals surface area contributed by atoms with E-state index in [0.717, 1.165) is 6.20 Å². The van der Waals surface area contributed by atoms with Crippen molar-refractivity contribution in [3.8, 4) is 11.1 Å². The molecule has 1 saturated carbocycles. The largest absolute Gasteiger partial charge is 0.392 e. The van der Waals surface area contributed by atoms with Crippen LogP contribution in [0.3, 0.4) is 0 Å². The van der Waals surface area contributed by atoms with Crippen molar-refractivity contribution in [3.63, 3.8) is 0 Å². The maximum atomic E-state index is 12.6. The van der Waals surface area contributed by atoms with E-state index >= 15 is 0 Å². The number of nitrogens with one attached hydrogen (secondary N) is 3. The lowest BCUT2D eigenvalue weighted by Gasteiger charge is -2.06. The Kier molecular flexibility index (Phi) is 3.08. The Bertz CT molecular complexity index is 894. The number of rotatable bonds is 2. The van der Waals surface area contributed by atoms with Crippen molar-refractivity contribution in [2.24, 2.45) is 5.92 Å². The molecule has 116 valence electrons. The van der Waals surface area contributed by atoms with Gasteiger partial charge in [0.25, 0.3) is 11.1 Å². The molecule has 3 rings (SSSR count). The summed E-state index contributed by atoms with van der Waals surface area (Å²) < 4.78 is 37.9. The van der Waals surface area contributed by atoms with Crippen molar-refractivity contribution in [2.45, 2.75) is 18.5 Å². The molecule has 2 unspecified atom stereocenters. The summed E-state index contributed by atoms with van der Waals surface area (Å²) in [4.78, 5) is 41.0. The van der Waals surface area contributed by atoms with Gasteiger partial charge < -0.3 is 9.97 Å². The maximum Gasteiger partial charge on any atom is 0.392 e. The second-order valence-electron chi connectivity index (χ2n) is 5.15. The third-order valence-electron chi connectivity index (χ3n) is 3.67. The SMILES string of the molecule is O=c1[nH]cc(-c2c[nH]c(=O)c(C3CC3C(F)(F)F)c2)c(=O)[nH]1. The van der Waals surface area contributed by atoms with Crippen molar-refractivity contribution in [1.82, 2.24) is 15.0 Å². The average Bonchev–Trinajstić information content (AvgIpc) is 3.20. The van der Waals surface area contributed by atoms with Crippen molar-refractivity contribution in [2.75, 3.05) is 0 Å². The van der Waals surface area contributed by atoms with Crippen molar-refractivity contribution in [3.05, 3.63) is 55.2 Å². The van der Waals surface area contributed by atoms with Gasteiger partial charge in [-0.05, 0) is 12.5 Å². The van der Waals surface area contributed by atoms with Crippen LogP contribution in [0.5, 0.6) is 0 Å². The number of pyridine rings is 1. The summed E-state index contributed by atoms with van der Waals surface area (Å²) in [6, 6.07) is 1.26. The van der Waals surface area contributed by atoms with Crippen LogP contribution in [0, 0.1) is 5.92 Å². The molecule has 1 aliphatic rings. The summed E-state index contributed by atoms with van der Waals surface area (Å²) in [6.07, 6.45) is -2.12. The molecule has 1 aliphatic carbocycles. The zero-order chi connectivity index (χ0) is 16.1. The Balaban J connectivity index is 2.03. The van der Waals surface area contributed by atoms with Gasteiger partial charge in [0, 0.05) is 29.4 Å². The van der Waals surface area contributed by atoms with E-state index in [-0.39, 0.29) is 23.1 Å². The lowest BCUT2D eigenvalue weighted by molar-refractivity contribution is -0.148. The molecule has 6 nitrogen and oxygen atoms in total. The van der Waals surface area contributed by atoms with E-state index in [1.54, 1.807) is 0 Å². The Morgan fingerprint density at radius 3 is 2.36 bits per heavy atom. The fourth-order valence-electron chi connectivity index (χ4n) is 2.46. The molecule has 2 aromatic heterocycles. The maximum absolute atomic E-state index is 12.6. The first-order valence-corrected chi connectivity index (χ1v) is 6.39. The minimum absolute atomic E-state index is 0.00887. The van der Waals surface area contributed by atoms with Crippen LogP contribution in [0.2, 0.25) is 0 Å². The third kappa shape index (κ3) is 2.49. The highest BCUT2D eigenvalue weighted by molar-refractivity contribution is 5.61. The second kappa shape index (κ2) is 4.72. The van der Waals surface area contributed by atoms with Crippen molar-refractivity contribution in [1.29, 1.82) is 0 Å². The number of hydrogen-bond acceptors (Lipinski definition) is 3. The number of alkyl halides is 3. The number of aromatic nitrogens is 3. The fraction of sp³-hybridized carbons (Fsp3) is 0.308. The van der Waals surface area contributed by atoms with E-state index in [4.69, 9.17) is 0 Å². The average molecular weight is 313 g/mol. The number of aromatic amines is 3. The standard InChI is InChI=1S/C13H10F3N3O3/c14-13(15,16)9-2-6(9)7-1-5(3-17-10(7)20)8-4-18-12(22)19-11(8)21/h1,3-4,6,9H,2H2,(H,17,20)(H2,18,19,21,22). The molecule has 22 heavy (non-hydrogen) atoms. The zero-order valence-electron chi connectivity index (χ0n) is 11.0. The number of hydrogen-bond donors (Lipinski definition) is 3. The molecule has 1 fully saturated rings. The highest BCUT2D eigenvalue weighted by Crippen LogP contribution is 2.55. The summed E-state index contributed by atoms with van der Waals surface area (Å²) in [7, 11) is 0. The fourth-order valence-corrected chi connectivity index (χ4v) is 2.46. The molecule has 0 aromatic carbocycles. The highest BCUT2D eigenvalue weighted by atomic mass is 19.4. The van der Waals surface area contributed by atoms with Gasteiger partial charge in [-0.25, -0.2) is 4.79 Å². The van der Waals surface area contributed by atoms with E-state index in [9.17, 15) is 27.6 Å². The summed E-state index contributed by atoms with van der Waals surface area (Å²) in [5.41, 5.74) is -1.71. The van der Waals surface area contributed by atoms with Gasteiger partial charge in [0.1, 0.15) is 0 Å². The minimum atomic E-state index is -4.34. The van der Waals surface area contributed by atoms with E-state index in [2.05, 4.69) is 9.97 Å². The number of H-pyrrole nitrogens is 3. The summed E-state index contributed by atoms with van der Waals surface area (Å²) in [5, 5.41) is 0. The second-order valence-corrected chi connectivity index (χ2v) is 5.15. The van der Waals surface area contributed by atoms with Gasteiger partial charge in [0.15, 0.2) is 0 Å². The molecule has 3 N–H and O–H groups in total. The van der Waals surface area contributed by atoms with Gasteiger partial charge in [-0.1, -0.05) is 0 Å². The van der Waals surface area contributed by atoms with Crippen LogP contribution in [0.1, 0.15) is 17.9 Å². The Morgan fingerprint density at radius 2 is 1.77 bits per heavy atom. The minimum Gasteiger partial charge on any atom is -0.328 e. The monoisotopic (exact) mass is 313 g/mol. The van der Waals surface area contributed by atoms with E-state index in [0.29, 0.717) is 0 Å². The predicted octanol–water partition coefficient (Wildman–Crippen LogP) is 1.08. The van der Waals surface area contributed by atoms with Crippen LogP contribution < -0.4 is 16.8 Å². The summed E-state index contributed by atoms with van der Waals surface area (Å²) >= 11 is 0. The molecular weight excluding hydrogens is 303 g/mol. The predicted molar refractivity (Wildman–Crippen MR) is 70.6 cm³/mol. The van der Waals surface area contributed by atoms with E-state index in [1.165, 1.54) is 12.3 Å². The smallest absolute Gasteiger partial charge is 0.328 e. The molecule has 0 radical (unpaired) electrons. The third-order valence-corrected chi connectivity index (χ3v) is 3.67. The van der Waals surface area contributed by atoms with Crippen LogP contribution in [-0.2, 0) is 0 Å². The van der Waals surface area contributed by atoms with E-state index in [1.807, 2.05) is 4.98 Å². The molecule has 2 atom stereocenters. The normalized spacial score (nSPS) is 20.9.